The second kappa shape index (κ2) is 7.58. The van der Waals surface area contributed by atoms with E-state index in [1.54, 1.807) is 12.1 Å². The molecule has 2 aromatic carbocycles. The van der Waals surface area contributed by atoms with E-state index in [9.17, 15) is 18.5 Å². The molecule has 0 aromatic heterocycles. The lowest BCUT2D eigenvalue weighted by molar-refractivity contribution is -0.114. The molecule has 0 aliphatic carbocycles. The van der Waals surface area contributed by atoms with Crippen molar-refractivity contribution in [1.82, 2.24) is 0 Å². The highest BCUT2D eigenvalue weighted by molar-refractivity contribution is 7.92. The number of aryl methyl sites for hydroxylation is 3. The zero-order chi connectivity index (χ0) is 19.5. The van der Waals surface area contributed by atoms with E-state index >= 15 is 0 Å². The highest BCUT2D eigenvalue weighted by Gasteiger charge is 2.23. The van der Waals surface area contributed by atoms with Gasteiger partial charge in [0, 0.05) is 5.69 Å². The van der Waals surface area contributed by atoms with Crippen molar-refractivity contribution >= 4 is 27.3 Å². The van der Waals surface area contributed by atoms with Gasteiger partial charge in [0.15, 0.2) is 0 Å². The number of carbonyl (C=O) groups excluding carboxylic acids is 1. The fraction of sp³-hybridized carbons (Fsp3) is 0.263. The van der Waals surface area contributed by atoms with Crippen molar-refractivity contribution in [3.8, 4) is 6.07 Å². The lowest BCUT2D eigenvalue weighted by atomic mass is 10.1. The van der Waals surface area contributed by atoms with Gasteiger partial charge in [0.2, 0.25) is 15.9 Å². The van der Waals surface area contributed by atoms with E-state index in [2.05, 4.69) is 5.32 Å². The number of benzene rings is 2. The molecule has 26 heavy (non-hydrogen) atoms. The molecule has 2 rings (SSSR count). The summed E-state index contributed by atoms with van der Waals surface area (Å²) >= 11 is 0. The largest absolute Gasteiger partial charge is 0.324 e. The summed E-state index contributed by atoms with van der Waals surface area (Å²) < 4.78 is 25.4. The molecule has 0 fully saturated rings. The van der Waals surface area contributed by atoms with E-state index < -0.39 is 22.5 Å². The second-order valence-electron chi connectivity index (χ2n) is 6.22. The topological polar surface area (TPSA) is 90.3 Å². The molecule has 0 saturated carbocycles. The maximum absolute atomic E-state index is 12.5. The minimum Gasteiger partial charge on any atom is -0.324 e. The van der Waals surface area contributed by atoms with Crippen LogP contribution in [0.2, 0.25) is 0 Å². The number of nitriles is 1. The Kier molecular flexibility index (Phi) is 5.68. The maximum Gasteiger partial charge on any atom is 0.245 e. The quantitative estimate of drug-likeness (QED) is 0.875. The number of nitrogens with zero attached hydrogens (tertiary/aromatic N) is 2. The van der Waals surface area contributed by atoms with Gasteiger partial charge in [-0.3, -0.25) is 9.10 Å². The first-order chi connectivity index (χ1) is 12.1. The normalized spacial score (nSPS) is 10.9. The average molecular weight is 371 g/mol. The molecule has 0 saturated heterocycles. The number of rotatable bonds is 5. The number of sulfonamides is 1. The summed E-state index contributed by atoms with van der Waals surface area (Å²) in [4.78, 5) is 12.5. The van der Waals surface area contributed by atoms with E-state index in [1.807, 2.05) is 39.0 Å². The molecule has 1 N–H and O–H groups in total. The fourth-order valence-corrected chi connectivity index (χ4v) is 3.72. The molecule has 0 unspecified atom stereocenters. The van der Waals surface area contributed by atoms with Crippen molar-refractivity contribution in [1.29, 1.82) is 5.26 Å². The molecule has 0 bridgehead atoms. The number of amides is 1. The fourth-order valence-electron chi connectivity index (χ4n) is 2.85. The molecule has 136 valence electrons. The lowest BCUT2D eigenvalue weighted by Crippen LogP contribution is -2.38. The van der Waals surface area contributed by atoms with Crippen molar-refractivity contribution in [2.45, 2.75) is 20.8 Å². The third-order valence-electron chi connectivity index (χ3n) is 3.92. The Morgan fingerprint density at radius 2 is 1.73 bits per heavy atom. The van der Waals surface area contributed by atoms with Gasteiger partial charge >= 0.3 is 0 Å². The van der Waals surface area contributed by atoms with Crippen LogP contribution in [0, 0.1) is 32.1 Å². The van der Waals surface area contributed by atoms with Crippen LogP contribution in [0.25, 0.3) is 0 Å². The summed E-state index contributed by atoms with van der Waals surface area (Å²) in [6.45, 7) is 5.32. The number of nitrogens with one attached hydrogen (secondary N) is 1. The molecule has 0 radical (unpaired) electrons. The molecular weight excluding hydrogens is 350 g/mol. The van der Waals surface area contributed by atoms with Crippen molar-refractivity contribution in [3.63, 3.8) is 0 Å². The number of anilines is 2. The van der Waals surface area contributed by atoms with Crippen molar-refractivity contribution in [2.75, 3.05) is 22.4 Å². The van der Waals surface area contributed by atoms with Gasteiger partial charge in [-0.2, -0.15) is 5.26 Å². The molecule has 2 aromatic rings. The Morgan fingerprint density at radius 3 is 2.27 bits per heavy atom. The van der Waals surface area contributed by atoms with Crippen molar-refractivity contribution < 1.29 is 13.2 Å². The van der Waals surface area contributed by atoms with E-state index in [0.29, 0.717) is 5.69 Å². The summed E-state index contributed by atoms with van der Waals surface area (Å²) in [7, 11) is -3.74. The van der Waals surface area contributed by atoms with Crippen LogP contribution < -0.4 is 9.62 Å². The van der Waals surface area contributed by atoms with Crippen LogP contribution in [0.4, 0.5) is 11.4 Å². The first-order valence-electron chi connectivity index (χ1n) is 7.98. The molecule has 0 spiro atoms. The van der Waals surface area contributed by atoms with Crippen LogP contribution in [-0.4, -0.2) is 27.1 Å². The third-order valence-corrected chi connectivity index (χ3v) is 5.05. The minimum absolute atomic E-state index is 0.185. The molecular formula is C19H21N3O3S. The predicted octanol–water partition coefficient (Wildman–Crippen LogP) is 2.89. The monoisotopic (exact) mass is 371 g/mol. The Hall–Kier alpha value is -2.85. The summed E-state index contributed by atoms with van der Waals surface area (Å²) in [6, 6.07) is 12.1. The van der Waals surface area contributed by atoms with Crippen LogP contribution in [0.5, 0.6) is 0 Å². The predicted molar refractivity (Wildman–Crippen MR) is 103 cm³/mol. The Bertz CT molecular complexity index is 968. The summed E-state index contributed by atoms with van der Waals surface area (Å²) in [6.07, 6.45) is 1.01. The first-order valence-corrected chi connectivity index (χ1v) is 9.83. The standard InChI is InChI=1S/C19H21N3O3S/c1-13-9-14(2)19(15(3)10-13)21-18(23)12-22(26(4,24)25)17-8-6-5-7-16(17)11-20/h5-10H,12H2,1-4H3,(H,21,23). The number of hydrogen-bond donors (Lipinski definition) is 1. The summed E-state index contributed by atoms with van der Waals surface area (Å²) in [5.74, 6) is -0.474. The van der Waals surface area contributed by atoms with E-state index in [0.717, 1.165) is 27.3 Å². The van der Waals surface area contributed by atoms with Gasteiger partial charge in [0.25, 0.3) is 0 Å². The van der Waals surface area contributed by atoms with Gasteiger partial charge in [-0.1, -0.05) is 29.8 Å². The zero-order valence-electron chi connectivity index (χ0n) is 15.2. The SMILES string of the molecule is Cc1cc(C)c(NC(=O)CN(c2ccccc2C#N)S(C)(=O)=O)c(C)c1. The zero-order valence-corrected chi connectivity index (χ0v) is 16.0. The molecule has 1 amide bonds. The number of para-hydroxylation sites is 1. The lowest BCUT2D eigenvalue weighted by Gasteiger charge is -2.23. The molecule has 0 aliphatic rings. The van der Waals surface area contributed by atoms with Crippen LogP contribution in [0.15, 0.2) is 36.4 Å². The molecule has 0 atom stereocenters. The second-order valence-corrected chi connectivity index (χ2v) is 8.13. The number of carbonyl (C=O) groups is 1. The van der Waals surface area contributed by atoms with Crippen LogP contribution in [0.3, 0.4) is 0 Å². The van der Waals surface area contributed by atoms with Crippen LogP contribution in [-0.2, 0) is 14.8 Å². The van der Waals surface area contributed by atoms with Gasteiger partial charge in [0.05, 0.1) is 17.5 Å². The van der Waals surface area contributed by atoms with E-state index in [-0.39, 0.29) is 11.3 Å². The van der Waals surface area contributed by atoms with E-state index in [1.165, 1.54) is 12.1 Å². The Balaban J connectivity index is 2.34. The van der Waals surface area contributed by atoms with Gasteiger partial charge in [0.1, 0.15) is 12.6 Å². The van der Waals surface area contributed by atoms with Gasteiger partial charge in [-0.25, -0.2) is 8.42 Å². The van der Waals surface area contributed by atoms with Crippen LogP contribution >= 0.6 is 0 Å². The summed E-state index contributed by atoms with van der Waals surface area (Å²) in [5, 5.41) is 12.0. The smallest absolute Gasteiger partial charge is 0.245 e. The molecule has 0 heterocycles. The number of hydrogen-bond acceptors (Lipinski definition) is 4. The molecule has 7 heteroatoms. The Morgan fingerprint density at radius 1 is 1.15 bits per heavy atom. The van der Waals surface area contributed by atoms with Gasteiger partial charge in [-0.15, -0.1) is 0 Å². The highest BCUT2D eigenvalue weighted by atomic mass is 32.2. The summed E-state index contributed by atoms with van der Waals surface area (Å²) in [5.41, 5.74) is 3.93. The van der Waals surface area contributed by atoms with E-state index in [4.69, 9.17) is 0 Å². The van der Waals surface area contributed by atoms with Gasteiger partial charge < -0.3 is 5.32 Å². The first kappa shape index (κ1) is 19.5. The van der Waals surface area contributed by atoms with Crippen molar-refractivity contribution in [2.24, 2.45) is 0 Å². The minimum atomic E-state index is -3.74. The average Bonchev–Trinajstić information content (AvgIpc) is 2.55. The Labute approximate surface area is 154 Å². The van der Waals surface area contributed by atoms with Crippen molar-refractivity contribution in [3.05, 3.63) is 58.7 Å². The molecule has 0 aliphatic heterocycles. The maximum atomic E-state index is 12.5. The third kappa shape index (κ3) is 4.41. The highest BCUT2D eigenvalue weighted by Crippen LogP contribution is 2.24. The molecule has 6 nitrogen and oxygen atoms in total. The van der Waals surface area contributed by atoms with Gasteiger partial charge in [-0.05, 0) is 44.0 Å². The van der Waals surface area contributed by atoms with Crippen LogP contribution in [0.1, 0.15) is 22.3 Å².